The van der Waals surface area contributed by atoms with Gasteiger partial charge in [-0.25, -0.2) is 0 Å². The van der Waals surface area contributed by atoms with Crippen molar-refractivity contribution in [1.82, 2.24) is 5.32 Å². The molecule has 0 amide bonds. The summed E-state index contributed by atoms with van der Waals surface area (Å²) in [6.45, 7) is 0. The molecule has 0 spiro atoms. The number of hydrogen-bond acceptors (Lipinski definition) is 2. The first-order valence-electron chi connectivity index (χ1n) is 7.83. The molecule has 0 aromatic heterocycles. The van der Waals surface area contributed by atoms with E-state index < -0.39 is 0 Å². The van der Waals surface area contributed by atoms with Gasteiger partial charge in [0.05, 0.1) is 0 Å². The lowest BCUT2D eigenvalue weighted by Crippen LogP contribution is -2.42. The van der Waals surface area contributed by atoms with Crippen LogP contribution in [0.15, 0.2) is 54.6 Å². The van der Waals surface area contributed by atoms with Crippen molar-refractivity contribution in [1.29, 1.82) is 0 Å². The molecule has 2 aliphatic rings. The summed E-state index contributed by atoms with van der Waals surface area (Å²) in [6, 6.07) is 19.7. The molecule has 1 aliphatic heterocycles. The second-order valence-electron chi connectivity index (χ2n) is 6.20. The summed E-state index contributed by atoms with van der Waals surface area (Å²) in [6.07, 6.45) is 2.57. The third-order valence-corrected chi connectivity index (χ3v) is 4.93. The largest absolute Gasteiger partial charge is 0.488 e. The van der Waals surface area contributed by atoms with Crippen LogP contribution >= 0.6 is 0 Å². The predicted octanol–water partition coefficient (Wildman–Crippen LogP) is 3.38. The van der Waals surface area contributed by atoms with Gasteiger partial charge < -0.3 is 10.1 Å². The molecule has 108 valence electrons. The van der Waals surface area contributed by atoms with Crippen molar-refractivity contribution in [3.63, 3.8) is 0 Å². The molecule has 1 N–H and O–H groups in total. The van der Waals surface area contributed by atoms with Crippen LogP contribution in [0.3, 0.4) is 0 Å². The van der Waals surface area contributed by atoms with Crippen LogP contribution in [0.2, 0.25) is 0 Å². The van der Waals surface area contributed by atoms with Gasteiger partial charge in [-0.1, -0.05) is 48.5 Å². The van der Waals surface area contributed by atoms with E-state index in [4.69, 9.17) is 4.74 Å². The van der Waals surface area contributed by atoms with Crippen LogP contribution in [-0.4, -0.2) is 19.2 Å². The van der Waals surface area contributed by atoms with E-state index in [1.807, 2.05) is 0 Å². The third-order valence-electron chi connectivity index (χ3n) is 4.93. The fourth-order valence-electron chi connectivity index (χ4n) is 3.78. The van der Waals surface area contributed by atoms with Crippen molar-refractivity contribution >= 4 is 0 Å². The van der Waals surface area contributed by atoms with Crippen molar-refractivity contribution in [2.24, 2.45) is 5.92 Å². The number of ether oxygens (including phenoxy) is 1. The van der Waals surface area contributed by atoms with Crippen LogP contribution in [-0.2, 0) is 6.42 Å². The maximum absolute atomic E-state index is 6.18. The molecule has 4 unspecified atom stereocenters. The van der Waals surface area contributed by atoms with E-state index in [0.29, 0.717) is 17.9 Å². The Kier molecular flexibility index (Phi) is 3.19. The fourth-order valence-corrected chi connectivity index (χ4v) is 3.78. The number of likely N-dealkylation sites (N-methyl/N-ethyl adjacent to an activating group) is 1. The smallest absolute Gasteiger partial charge is 0.123 e. The summed E-state index contributed by atoms with van der Waals surface area (Å²) in [5, 5.41) is 3.52. The summed E-state index contributed by atoms with van der Waals surface area (Å²) in [7, 11) is 2.07. The lowest BCUT2D eigenvalue weighted by molar-refractivity contribution is 0.169. The molecule has 1 heterocycles. The maximum atomic E-state index is 6.18. The van der Waals surface area contributed by atoms with E-state index in [1.165, 1.54) is 17.5 Å². The Morgan fingerprint density at radius 2 is 1.81 bits per heavy atom. The van der Waals surface area contributed by atoms with Crippen molar-refractivity contribution in [3.8, 4) is 5.75 Å². The van der Waals surface area contributed by atoms with E-state index in [1.54, 1.807) is 0 Å². The van der Waals surface area contributed by atoms with E-state index >= 15 is 0 Å². The molecule has 2 aromatic carbocycles. The van der Waals surface area contributed by atoms with E-state index in [-0.39, 0.29) is 6.10 Å². The molecule has 0 radical (unpaired) electrons. The van der Waals surface area contributed by atoms with Gasteiger partial charge in [0.2, 0.25) is 0 Å². The zero-order valence-electron chi connectivity index (χ0n) is 12.3. The van der Waals surface area contributed by atoms with Crippen LogP contribution in [0.4, 0.5) is 0 Å². The van der Waals surface area contributed by atoms with Gasteiger partial charge in [-0.05, 0) is 42.5 Å². The van der Waals surface area contributed by atoms with Crippen LogP contribution in [0, 0.1) is 5.92 Å². The Morgan fingerprint density at radius 3 is 2.57 bits per heavy atom. The van der Waals surface area contributed by atoms with Gasteiger partial charge in [-0.15, -0.1) is 0 Å². The molecule has 1 aliphatic carbocycles. The molecule has 2 heteroatoms. The quantitative estimate of drug-likeness (QED) is 0.926. The maximum Gasteiger partial charge on any atom is 0.123 e. The van der Waals surface area contributed by atoms with Crippen molar-refractivity contribution < 1.29 is 4.74 Å². The minimum absolute atomic E-state index is 0.270. The van der Waals surface area contributed by atoms with Gasteiger partial charge in [0.25, 0.3) is 0 Å². The van der Waals surface area contributed by atoms with Crippen LogP contribution < -0.4 is 10.1 Å². The average Bonchev–Trinajstić information content (AvgIpc) is 3.20. The summed E-state index contributed by atoms with van der Waals surface area (Å²) < 4.78 is 6.18. The monoisotopic (exact) mass is 279 g/mol. The van der Waals surface area contributed by atoms with Gasteiger partial charge in [-0.2, -0.15) is 0 Å². The molecule has 1 fully saturated rings. The highest BCUT2D eigenvalue weighted by molar-refractivity contribution is 5.38. The number of nitrogens with one attached hydrogen (secondary N) is 1. The Balaban J connectivity index is 1.48. The summed E-state index contributed by atoms with van der Waals surface area (Å²) in [5.74, 6) is 2.45. The van der Waals surface area contributed by atoms with Crippen molar-refractivity contribution in [2.45, 2.75) is 30.9 Å². The van der Waals surface area contributed by atoms with Crippen LogP contribution in [0.1, 0.15) is 23.5 Å². The Labute approximate surface area is 126 Å². The lowest BCUT2D eigenvalue weighted by atomic mass is 9.98. The van der Waals surface area contributed by atoms with Crippen molar-refractivity contribution in [3.05, 3.63) is 65.7 Å². The Hall–Kier alpha value is -1.80. The summed E-state index contributed by atoms with van der Waals surface area (Å²) >= 11 is 0. The topological polar surface area (TPSA) is 21.3 Å². The van der Waals surface area contributed by atoms with Gasteiger partial charge in [-0.3, -0.25) is 0 Å². The molecule has 1 saturated carbocycles. The number of fused-ring (bicyclic) bond motifs is 1. The summed E-state index contributed by atoms with van der Waals surface area (Å²) in [4.78, 5) is 0. The van der Waals surface area contributed by atoms with E-state index in [0.717, 1.165) is 12.2 Å². The first-order valence-corrected chi connectivity index (χ1v) is 7.83. The highest BCUT2D eigenvalue weighted by Gasteiger charge is 2.47. The number of hydrogen-bond donors (Lipinski definition) is 1. The van der Waals surface area contributed by atoms with Gasteiger partial charge in [0.15, 0.2) is 0 Å². The first kappa shape index (κ1) is 12.9. The van der Waals surface area contributed by atoms with Gasteiger partial charge >= 0.3 is 0 Å². The van der Waals surface area contributed by atoms with E-state index in [2.05, 4.69) is 67.0 Å². The molecule has 4 rings (SSSR count). The first-order chi connectivity index (χ1) is 10.4. The highest BCUT2D eigenvalue weighted by atomic mass is 16.5. The number of rotatable bonds is 4. The summed E-state index contributed by atoms with van der Waals surface area (Å²) in [5.41, 5.74) is 2.82. The highest BCUT2D eigenvalue weighted by Crippen LogP contribution is 2.51. The standard InChI is InChI=1S/C19H21NO/c1-20-19(16-12-15(16)13-7-3-2-4-8-13)18-11-14-9-5-6-10-17(14)21-18/h2-10,15-16,18-20H,11-12H2,1H3. The predicted molar refractivity (Wildman–Crippen MR) is 84.7 cm³/mol. The second-order valence-corrected chi connectivity index (χ2v) is 6.20. The molecule has 0 saturated heterocycles. The zero-order chi connectivity index (χ0) is 14.2. The zero-order valence-corrected chi connectivity index (χ0v) is 12.3. The molecular weight excluding hydrogens is 258 g/mol. The SMILES string of the molecule is CNC(C1Cc2ccccc2O1)C1CC1c1ccccc1. The number of para-hydroxylation sites is 1. The second kappa shape index (κ2) is 5.19. The van der Waals surface area contributed by atoms with Gasteiger partial charge in [0.1, 0.15) is 11.9 Å². The third kappa shape index (κ3) is 2.34. The molecule has 2 aromatic rings. The Bertz CT molecular complexity index is 599. The van der Waals surface area contributed by atoms with Crippen LogP contribution in [0.25, 0.3) is 0 Å². The van der Waals surface area contributed by atoms with Gasteiger partial charge in [0, 0.05) is 12.5 Å². The minimum atomic E-state index is 0.270. The fraction of sp³-hybridized carbons (Fsp3) is 0.368. The number of benzene rings is 2. The average molecular weight is 279 g/mol. The minimum Gasteiger partial charge on any atom is -0.488 e. The molecule has 2 nitrogen and oxygen atoms in total. The molecular formula is C19H21NO. The van der Waals surface area contributed by atoms with Crippen molar-refractivity contribution in [2.75, 3.05) is 7.05 Å². The normalized spacial score (nSPS) is 27.8. The molecule has 21 heavy (non-hydrogen) atoms. The lowest BCUT2D eigenvalue weighted by Gasteiger charge is -2.23. The van der Waals surface area contributed by atoms with E-state index in [9.17, 15) is 0 Å². The Morgan fingerprint density at radius 1 is 1.05 bits per heavy atom. The molecule has 4 atom stereocenters. The van der Waals surface area contributed by atoms with Crippen LogP contribution in [0.5, 0.6) is 5.75 Å². The molecule has 0 bridgehead atoms.